The normalized spacial score (nSPS) is 15.4. The first-order valence-electron chi connectivity index (χ1n) is 13.8. The number of halogens is 1. The minimum atomic E-state index is -0.651. The van der Waals surface area contributed by atoms with Crippen LogP contribution >= 0.6 is 0 Å². The lowest BCUT2D eigenvalue weighted by Gasteiger charge is -2.26. The molecule has 6 rings (SSSR count). The Morgan fingerprint density at radius 1 is 0.976 bits per heavy atom. The molecule has 0 saturated carbocycles. The van der Waals surface area contributed by atoms with Gasteiger partial charge in [-0.3, -0.25) is 9.78 Å². The van der Waals surface area contributed by atoms with E-state index in [-0.39, 0.29) is 18.3 Å². The molecule has 0 bridgehead atoms. The molecule has 1 saturated heterocycles. The monoisotopic (exact) mass is 560 g/mol. The van der Waals surface area contributed by atoms with Gasteiger partial charge in [0.1, 0.15) is 18.2 Å². The predicted molar refractivity (Wildman–Crippen MR) is 159 cm³/mol. The Morgan fingerprint density at radius 2 is 1.76 bits per heavy atom. The third-order valence-electron chi connectivity index (χ3n) is 7.71. The topological polar surface area (TPSA) is 68.7 Å². The molecule has 42 heavy (non-hydrogen) atoms. The van der Waals surface area contributed by atoms with Gasteiger partial charge in [-0.1, -0.05) is 66.7 Å². The molecule has 0 radical (unpaired) electrons. The van der Waals surface area contributed by atoms with E-state index in [9.17, 15) is 14.0 Å². The number of amides is 2. The molecular weight excluding hydrogens is 531 g/mol. The molecule has 2 amide bonds. The number of hydrogen-bond acceptors (Lipinski definition) is 5. The zero-order valence-electron chi connectivity index (χ0n) is 23.1. The van der Waals surface area contributed by atoms with Crippen LogP contribution in [0.15, 0.2) is 109 Å². The fourth-order valence-corrected chi connectivity index (χ4v) is 5.58. The van der Waals surface area contributed by atoms with Gasteiger partial charge in [-0.25, -0.2) is 14.1 Å². The number of nitrogens with zero attached hydrogens (tertiary/aromatic N) is 2. The summed E-state index contributed by atoms with van der Waals surface area (Å²) >= 11 is 0. The summed E-state index contributed by atoms with van der Waals surface area (Å²) < 4.78 is 24.9. The molecule has 0 N–H and O–H groups in total. The van der Waals surface area contributed by atoms with Gasteiger partial charge in [-0.2, -0.15) is 0 Å². The molecule has 1 aliphatic heterocycles. The lowest BCUT2D eigenvalue weighted by molar-refractivity contribution is -0.130. The van der Waals surface area contributed by atoms with Crippen molar-refractivity contribution in [2.75, 3.05) is 13.7 Å². The Kier molecular flexibility index (Phi) is 7.64. The van der Waals surface area contributed by atoms with Gasteiger partial charge in [0.2, 0.25) is 5.91 Å². The van der Waals surface area contributed by atoms with Gasteiger partial charge in [0.05, 0.1) is 24.6 Å². The Bertz CT molecular complexity index is 1740. The number of rotatable bonds is 8. The van der Waals surface area contributed by atoms with E-state index in [0.29, 0.717) is 29.5 Å². The average Bonchev–Trinajstić information content (AvgIpc) is 3.39. The smallest absolute Gasteiger partial charge is 0.417 e. The van der Waals surface area contributed by atoms with Crippen molar-refractivity contribution in [2.45, 2.75) is 24.8 Å². The summed E-state index contributed by atoms with van der Waals surface area (Å²) in [7, 11) is 1.60. The maximum absolute atomic E-state index is 14.2. The van der Waals surface area contributed by atoms with Gasteiger partial charge < -0.3 is 9.47 Å². The van der Waals surface area contributed by atoms with Crippen LogP contribution in [-0.4, -0.2) is 41.6 Å². The molecule has 1 aromatic heterocycles. The molecule has 0 spiro atoms. The Labute approximate surface area is 243 Å². The van der Waals surface area contributed by atoms with Crippen LogP contribution in [0.1, 0.15) is 22.6 Å². The molecular formula is C35H29FN2O4. The lowest BCUT2D eigenvalue weighted by atomic mass is 9.88. The minimum absolute atomic E-state index is 0.149. The van der Waals surface area contributed by atoms with Crippen molar-refractivity contribution in [3.63, 3.8) is 0 Å². The number of aromatic nitrogens is 1. The van der Waals surface area contributed by atoms with E-state index in [1.54, 1.807) is 19.4 Å². The van der Waals surface area contributed by atoms with Gasteiger partial charge in [0, 0.05) is 11.6 Å². The number of cyclic esters (lactones) is 1. The Hall–Kier alpha value is -5.04. The van der Waals surface area contributed by atoms with Crippen molar-refractivity contribution < 1.29 is 23.5 Å². The maximum Gasteiger partial charge on any atom is 0.417 e. The van der Waals surface area contributed by atoms with Crippen LogP contribution in [0.3, 0.4) is 0 Å². The zero-order chi connectivity index (χ0) is 29.1. The molecule has 210 valence electrons. The molecule has 0 aliphatic carbocycles. The van der Waals surface area contributed by atoms with Crippen molar-refractivity contribution in [3.05, 3.63) is 132 Å². The van der Waals surface area contributed by atoms with Crippen LogP contribution in [-0.2, 0) is 22.4 Å². The fraction of sp³-hybridized carbons (Fsp3) is 0.171. The third-order valence-corrected chi connectivity index (χ3v) is 7.71. The van der Waals surface area contributed by atoms with Crippen LogP contribution < -0.4 is 4.74 Å². The van der Waals surface area contributed by atoms with Crippen LogP contribution in [0.2, 0.25) is 0 Å². The summed E-state index contributed by atoms with van der Waals surface area (Å²) in [5.41, 5.74) is 5.09. The van der Waals surface area contributed by atoms with E-state index >= 15 is 0 Å². The molecule has 2 heterocycles. The van der Waals surface area contributed by atoms with E-state index in [1.807, 2.05) is 84.9 Å². The second-order valence-electron chi connectivity index (χ2n) is 10.4. The van der Waals surface area contributed by atoms with Crippen LogP contribution in [0, 0.1) is 5.82 Å². The molecule has 2 atom stereocenters. The summed E-state index contributed by atoms with van der Waals surface area (Å²) in [5.74, 6) is -0.611. The summed E-state index contributed by atoms with van der Waals surface area (Å²) in [6, 6.07) is 31.0. The minimum Gasteiger partial charge on any atom is -0.497 e. The van der Waals surface area contributed by atoms with Crippen molar-refractivity contribution >= 4 is 22.9 Å². The molecule has 1 aliphatic rings. The first-order chi connectivity index (χ1) is 20.5. The highest BCUT2D eigenvalue weighted by Gasteiger charge is 2.41. The molecule has 1 fully saturated rings. The van der Waals surface area contributed by atoms with Crippen molar-refractivity contribution in [3.8, 4) is 16.9 Å². The van der Waals surface area contributed by atoms with Gasteiger partial charge >= 0.3 is 6.09 Å². The standard InChI is InChI=1S/C35H29FN2O4/c1-41-29-9-5-8-24(19-29)20-31(34(39)38-28(22-42-35(38)40)18-23-6-3-2-4-7-23)26-12-10-25(11-13-26)30-16-17-37-33-15-14-27(36)21-32(30)33/h2-17,19,21,28,31H,18,20,22H2,1H3/t28-,31?/m1/s1. The predicted octanol–water partition coefficient (Wildman–Crippen LogP) is 6.97. The second-order valence-corrected chi connectivity index (χ2v) is 10.4. The van der Waals surface area contributed by atoms with Crippen molar-refractivity contribution in [1.29, 1.82) is 0 Å². The highest BCUT2D eigenvalue weighted by Crippen LogP contribution is 2.33. The highest BCUT2D eigenvalue weighted by atomic mass is 19.1. The number of pyridine rings is 1. The van der Waals surface area contributed by atoms with E-state index in [2.05, 4.69) is 4.98 Å². The summed E-state index contributed by atoms with van der Waals surface area (Å²) in [5, 5.41) is 0.706. The fourth-order valence-electron chi connectivity index (χ4n) is 5.58. The summed E-state index contributed by atoms with van der Waals surface area (Å²) in [6.07, 6.45) is 1.94. The Morgan fingerprint density at radius 3 is 2.55 bits per heavy atom. The lowest BCUT2D eigenvalue weighted by Crippen LogP contribution is -2.43. The first kappa shape index (κ1) is 27.1. The second kappa shape index (κ2) is 11.8. The van der Waals surface area contributed by atoms with E-state index in [0.717, 1.165) is 27.8 Å². The number of carbonyl (C=O) groups is 2. The zero-order valence-corrected chi connectivity index (χ0v) is 23.1. The summed E-state index contributed by atoms with van der Waals surface area (Å²) in [6.45, 7) is 0.149. The number of hydrogen-bond donors (Lipinski definition) is 0. The molecule has 1 unspecified atom stereocenters. The molecule has 6 nitrogen and oxygen atoms in total. The van der Waals surface area contributed by atoms with Gasteiger partial charge in [0.15, 0.2) is 0 Å². The largest absolute Gasteiger partial charge is 0.497 e. The number of benzene rings is 4. The molecule has 4 aromatic carbocycles. The first-order valence-corrected chi connectivity index (χ1v) is 13.8. The van der Waals surface area contributed by atoms with E-state index in [4.69, 9.17) is 9.47 Å². The maximum atomic E-state index is 14.2. The number of methoxy groups -OCH3 is 1. The third kappa shape index (κ3) is 5.59. The number of imide groups is 1. The SMILES string of the molecule is COc1cccc(CC(C(=O)N2C(=O)OC[C@H]2Cc2ccccc2)c2ccc(-c3ccnc4ccc(F)cc34)cc2)c1. The van der Waals surface area contributed by atoms with E-state index in [1.165, 1.54) is 17.0 Å². The average molecular weight is 561 g/mol. The van der Waals surface area contributed by atoms with Gasteiger partial charge in [0.25, 0.3) is 0 Å². The van der Waals surface area contributed by atoms with Crippen molar-refractivity contribution in [1.82, 2.24) is 9.88 Å². The molecule has 7 heteroatoms. The number of ether oxygens (including phenoxy) is 2. The summed E-state index contributed by atoms with van der Waals surface area (Å²) in [4.78, 5) is 32.8. The van der Waals surface area contributed by atoms with Gasteiger partial charge in [-0.15, -0.1) is 0 Å². The van der Waals surface area contributed by atoms with Crippen LogP contribution in [0.4, 0.5) is 9.18 Å². The number of carbonyl (C=O) groups excluding carboxylic acids is 2. The highest BCUT2D eigenvalue weighted by molar-refractivity contribution is 5.98. The quantitative estimate of drug-likeness (QED) is 0.205. The van der Waals surface area contributed by atoms with E-state index < -0.39 is 18.1 Å². The van der Waals surface area contributed by atoms with Gasteiger partial charge in [-0.05, 0) is 77.1 Å². The van der Waals surface area contributed by atoms with Crippen LogP contribution in [0.25, 0.3) is 22.0 Å². The Balaban J connectivity index is 1.35. The van der Waals surface area contributed by atoms with Crippen molar-refractivity contribution in [2.24, 2.45) is 0 Å². The molecule has 5 aromatic rings. The van der Waals surface area contributed by atoms with Crippen LogP contribution in [0.5, 0.6) is 5.75 Å². The number of fused-ring (bicyclic) bond motifs is 1.